The maximum absolute atomic E-state index is 10.7. The second-order valence-corrected chi connectivity index (χ2v) is 9.27. The first-order valence-corrected chi connectivity index (χ1v) is 10.8. The molecule has 0 spiro atoms. The van der Waals surface area contributed by atoms with Gasteiger partial charge in [-0.15, -0.1) is 0 Å². The molecule has 1 aliphatic carbocycles. The molecule has 1 aliphatic heterocycles. The maximum Gasteiger partial charge on any atom is 0.125 e. The van der Waals surface area contributed by atoms with Gasteiger partial charge in [0.25, 0.3) is 0 Å². The summed E-state index contributed by atoms with van der Waals surface area (Å²) in [5.41, 5.74) is 6.69. The van der Waals surface area contributed by atoms with E-state index in [-0.39, 0.29) is 5.21 Å². The molecule has 4 N–H and O–H groups in total. The topological polar surface area (TPSA) is 99.4 Å². The minimum atomic E-state index is -1.44. The van der Waals surface area contributed by atoms with Crippen LogP contribution < -0.4 is 4.74 Å². The van der Waals surface area contributed by atoms with E-state index in [0.717, 1.165) is 24.0 Å². The molecule has 164 valence electrons. The van der Waals surface area contributed by atoms with Crippen molar-refractivity contribution in [3.05, 3.63) is 63.7 Å². The number of aliphatic hydroxyl groups excluding tert-OH is 4. The number of rotatable bonds is 5. The smallest absolute Gasteiger partial charge is 0.125 e. The number of aliphatic hydroxyl groups is 4. The number of fused-ring (bicyclic) bond motifs is 1. The van der Waals surface area contributed by atoms with Crippen LogP contribution in [0, 0.1) is 6.92 Å². The lowest BCUT2D eigenvalue weighted by atomic mass is 9.47. The van der Waals surface area contributed by atoms with Gasteiger partial charge in [-0.25, -0.2) is 0 Å². The predicted molar refractivity (Wildman–Crippen MR) is 122 cm³/mol. The van der Waals surface area contributed by atoms with Crippen molar-refractivity contribution in [2.24, 2.45) is 0 Å². The van der Waals surface area contributed by atoms with E-state index in [1.54, 1.807) is 7.11 Å². The average molecular weight is 424 g/mol. The van der Waals surface area contributed by atoms with E-state index in [9.17, 15) is 20.4 Å². The number of ether oxygens (including phenoxy) is 2. The lowest BCUT2D eigenvalue weighted by Gasteiger charge is -2.41. The van der Waals surface area contributed by atoms with Crippen molar-refractivity contribution in [1.82, 2.24) is 0 Å². The van der Waals surface area contributed by atoms with E-state index < -0.39 is 37.1 Å². The molecule has 2 aromatic rings. The zero-order chi connectivity index (χ0) is 22.5. The molecule has 1 saturated heterocycles. The average Bonchev–Trinajstić information content (AvgIpc) is 2.73. The molecule has 8 heteroatoms. The van der Waals surface area contributed by atoms with Crippen molar-refractivity contribution < 1.29 is 29.9 Å². The summed E-state index contributed by atoms with van der Waals surface area (Å²) >= 11 is 0. The molecule has 1 fully saturated rings. The van der Waals surface area contributed by atoms with E-state index in [1.165, 1.54) is 16.7 Å². The molecule has 6 nitrogen and oxygen atoms in total. The summed E-state index contributed by atoms with van der Waals surface area (Å²) in [6.45, 7) is 1.56. The van der Waals surface area contributed by atoms with Crippen molar-refractivity contribution in [2.75, 3.05) is 13.7 Å². The summed E-state index contributed by atoms with van der Waals surface area (Å²) in [7, 11) is 5.88. The van der Waals surface area contributed by atoms with Crippen LogP contribution in [0.4, 0.5) is 0 Å². The third-order valence-corrected chi connectivity index (χ3v) is 7.04. The van der Waals surface area contributed by atoms with Gasteiger partial charge >= 0.3 is 0 Å². The summed E-state index contributed by atoms with van der Waals surface area (Å²) in [6.07, 6.45) is -3.87. The molecule has 0 unspecified atom stereocenters. The Morgan fingerprint density at radius 3 is 2.32 bits per heavy atom. The number of hydrogen-bond acceptors (Lipinski definition) is 6. The zero-order valence-corrected chi connectivity index (χ0v) is 18.5. The second-order valence-electron chi connectivity index (χ2n) is 9.27. The molecule has 2 aromatic carbocycles. The third-order valence-electron chi connectivity index (χ3n) is 7.04. The number of benzene rings is 2. The molecule has 31 heavy (non-hydrogen) atoms. The Kier molecular flexibility index (Phi) is 5.96. The van der Waals surface area contributed by atoms with E-state index >= 15 is 0 Å². The van der Waals surface area contributed by atoms with Crippen LogP contribution >= 0.6 is 0 Å². The van der Waals surface area contributed by atoms with E-state index in [1.807, 2.05) is 19.1 Å². The van der Waals surface area contributed by atoms with E-state index in [0.29, 0.717) is 11.3 Å². The normalized spacial score (nSPS) is 28.0. The first-order chi connectivity index (χ1) is 14.7. The fourth-order valence-corrected chi connectivity index (χ4v) is 4.87. The van der Waals surface area contributed by atoms with Crippen molar-refractivity contribution in [2.45, 2.75) is 55.5 Å². The lowest BCUT2D eigenvalue weighted by molar-refractivity contribution is -0.232. The molecule has 0 bridgehead atoms. The van der Waals surface area contributed by atoms with Gasteiger partial charge in [0, 0.05) is 5.56 Å². The van der Waals surface area contributed by atoms with Gasteiger partial charge in [0.2, 0.25) is 0 Å². The number of hydrogen-bond donors (Lipinski definition) is 4. The van der Waals surface area contributed by atoms with Gasteiger partial charge in [0.15, 0.2) is 0 Å². The lowest BCUT2D eigenvalue weighted by Crippen LogP contribution is -2.55. The Balaban J connectivity index is 1.79. The first-order valence-electron chi connectivity index (χ1n) is 10.8. The monoisotopic (exact) mass is 424 g/mol. The van der Waals surface area contributed by atoms with Crippen molar-refractivity contribution in [3.63, 3.8) is 0 Å². The van der Waals surface area contributed by atoms with Crippen LogP contribution in [0.5, 0.6) is 5.75 Å². The Bertz CT molecular complexity index is 977. The van der Waals surface area contributed by atoms with E-state index in [2.05, 4.69) is 33.9 Å². The molecule has 2 aliphatic rings. The number of methoxy groups -OCH3 is 1. The molecule has 0 amide bonds. The van der Waals surface area contributed by atoms with Gasteiger partial charge in [-0.1, -0.05) is 23.8 Å². The van der Waals surface area contributed by atoms with Crippen molar-refractivity contribution >= 4 is 15.7 Å². The zero-order valence-electron chi connectivity index (χ0n) is 18.5. The number of aryl methyl sites for hydroxylation is 3. The molecule has 5 atom stereocenters. The van der Waals surface area contributed by atoms with Gasteiger partial charge in [0.1, 0.15) is 52.0 Å². The van der Waals surface area contributed by atoms with Crippen LogP contribution in [0.25, 0.3) is 0 Å². The van der Waals surface area contributed by atoms with Gasteiger partial charge in [-0.05, 0) is 59.4 Å². The minimum absolute atomic E-state index is 0.316. The molecule has 0 saturated carbocycles. The molecular formula is C23H30B2O6. The van der Waals surface area contributed by atoms with Crippen LogP contribution in [0.1, 0.15) is 39.5 Å². The summed E-state index contributed by atoms with van der Waals surface area (Å²) in [5, 5.41) is 40.4. The highest BCUT2D eigenvalue weighted by Gasteiger charge is 2.45. The van der Waals surface area contributed by atoms with Crippen LogP contribution in [0.3, 0.4) is 0 Å². The highest BCUT2D eigenvalue weighted by molar-refractivity contribution is 6.42. The Morgan fingerprint density at radius 1 is 1.03 bits per heavy atom. The largest absolute Gasteiger partial charge is 0.496 e. The summed E-state index contributed by atoms with van der Waals surface area (Å²) in [5.74, 6) is 0.526. The van der Waals surface area contributed by atoms with E-state index in [4.69, 9.17) is 9.47 Å². The molecular weight excluding hydrogens is 394 g/mol. The van der Waals surface area contributed by atoms with Gasteiger partial charge in [-0.3, -0.25) is 0 Å². The van der Waals surface area contributed by atoms with Crippen LogP contribution in [-0.2, 0) is 22.8 Å². The van der Waals surface area contributed by atoms with Crippen molar-refractivity contribution in [1.29, 1.82) is 0 Å². The van der Waals surface area contributed by atoms with Crippen molar-refractivity contribution in [3.8, 4) is 5.75 Å². The highest BCUT2D eigenvalue weighted by Crippen LogP contribution is 2.41. The fraction of sp³-hybridized carbons (Fsp3) is 0.478. The Morgan fingerprint density at radius 2 is 1.74 bits per heavy atom. The molecule has 0 aromatic heterocycles. The predicted octanol–water partition coefficient (Wildman–Crippen LogP) is -0.916. The molecule has 0 radical (unpaired) electrons. The second kappa shape index (κ2) is 8.26. The quantitative estimate of drug-likeness (QED) is 0.464. The highest BCUT2D eigenvalue weighted by atomic mass is 16.5. The fourth-order valence-electron chi connectivity index (χ4n) is 4.87. The van der Waals surface area contributed by atoms with Crippen LogP contribution in [0.2, 0.25) is 0 Å². The molecule has 1 heterocycles. The van der Waals surface area contributed by atoms with Gasteiger partial charge < -0.3 is 29.9 Å². The standard InChI is InChI=1S/C23H30B2O6/c1-11-7-17(30-2)15(22-21(29)20(28)19(27)18(10-26)31-22)9-16(11)23(24,25)14-6-5-12-3-4-13(12)8-14/h5-9,18-22,26-29H,3-4,10,24-25H2,1-2H3/t18-,19-,20+,21-,22+/m1/s1. The third kappa shape index (κ3) is 3.70. The molecule has 4 rings (SSSR count). The summed E-state index contributed by atoms with van der Waals surface area (Å²) < 4.78 is 11.4. The van der Waals surface area contributed by atoms with Gasteiger partial charge in [0.05, 0.1) is 13.7 Å². The Hall–Kier alpha value is -1.83. The maximum atomic E-state index is 10.7. The van der Waals surface area contributed by atoms with Crippen LogP contribution in [0.15, 0.2) is 30.3 Å². The van der Waals surface area contributed by atoms with Crippen LogP contribution in [-0.4, -0.2) is 74.3 Å². The minimum Gasteiger partial charge on any atom is -0.496 e. The summed E-state index contributed by atoms with van der Waals surface area (Å²) in [6, 6.07) is 10.5. The first kappa shape index (κ1) is 22.4. The summed E-state index contributed by atoms with van der Waals surface area (Å²) in [4.78, 5) is 0. The Labute approximate surface area is 184 Å². The van der Waals surface area contributed by atoms with Gasteiger partial charge in [-0.2, -0.15) is 0 Å². The SMILES string of the molecule is BC(B)(c1ccc2c(c1)CC2)c1cc([C@@H]2O[C@H](CO)[C@@H](O)[C@H](O)[C@H]2O)c(OC)cc1C.